The van der Waals surface area contributed by atoms with E-state index in [1.54, 1.807) is 12.1 Å². The van der Waals surface area contributed by atoms with Crippen LogP contribution in [-0.2, 0) is 6.16 Å². The van der Waals surface area contributed by atoms with E-state index in [1.807, 2.05) is 0 Å². The summed E-state index contributed by atoms with van der Waals surface area (Å²) in [6.07, 6.45) is 0.260. The van der Waals surface area contributed by atoms with Crippen molar-refractivity contribution in [3.63, 3.8) is 0 Å². The van der Waals surface area contributed by atoms with Crippen LogP contribution in [0.1, 0.15) is 5.56 Å². The first-order chi connectivity index (χ1) is 5.18. The number of hydrogen-bond donors (Lipinski definition) is 3. The largest absolute Gasteiger partial charge is 0.508 e. The van der Waals surface area contributed by atoms with Crippen LogP contribution in [0.3, 0.4) is 0 Å². The molecule has 11 heavy (non-hydrogen) atoms. The minimum atomic E-state index is -1.87. The molecule has 0 atom stereocenters. The van der Waals surface area contributed by atoms with Crippen molar-refractivity contribution in [2.24, 2.45) is 0 Å². The zero-order valence-corrected chi connectivity index (χ0v) is 6.70. The first kappa shape index (κ1) is 8.47. The molecular formula is C7H9O3P. The first-order valence-electron chi connectivity index (χ1n) is 3.11. The van der Waals surface area contributed by atoms with Gasteiger partial charge in [0, 0.05) is 6.16 Å². The lowest BCUT2D eigenvalue weighted by Crippen LogP contribution is -1.80. The van der Waals surface area contributed by atoms with Crippen LogP contribution in [0.4, 0.5) is 0 Å². The fourth-order valence-corrected chi connectivity index (χ4v) is 1.30. The second-order valence-electron chi connectivity index (χ2n) is 2.20. The average molecular weight is 172 g/mol. The van der Waals surface area contributed by atoms with Gasteiger partial charge in [0.25, 0.3) is 0 Å². The molecule has 0 amide bonds. The van der Waals surface area contributed by atoms with Gasteiger partial charge in [-0.25, -0.2) is 0 Å². The van der Waals surface area contributed by atoms with Gasteiger partial charge in [-0.05, 0) is 17.7 Å². The Kier molecular flexibility index (Phi) is 2.83. The van der Waals surface area contributed by atoms with Crippen LogP contribution in [0, 0.1) is 0 Å². The maximum absolute atomic E-state index is 8.87. The van der Waals surface area contributed by atoms with Crippen molar-refractivity contribution < 1.29 is 14.9 Å². The molecule has 1 rings (SSSR count). The minimum Gasteiger partial charge on any atom is -0.508 e. The monoisotopic (exact) mass is 172 g/mol. The van der Waals surface area contributed by atoms with Gasteiger partial charge in [-0.15, -0.1) is 0 Å². The molecule has 0 heterocycles. The fraction of sp³-hybridized carbons (Fsp3) is 0.143. The van der Waals surface area contributed by atoms with E-state index < -0.39 is 8.38 Å². The molecule has 60 valence electrons. The van der Waals surface area contributed by atoms with Crippen LogP contribution in [-0.4, -0.2) is 14.9 Å². The highest BCUT2D eigenvalue weighted by Crippen LogP contribution is 2.29. The maximum Gasteiger partial charge on any atom is 0.169 e. The Balaban J connectivity index is 2.66. The quantitative estimate of drug-likeness (QED) is 0.587. The van der Waals surface area contributed by atoms with Crippen LogP contribution in [0.5, 0.6) is 5.75 Å². The third kappa shape index (κ3) is 2.85. The number of rotatable bonds is 2. The Labute approximate surface area is 65.9 Å². The van der Waals surface area contributed by atoms with E-state index in [9.17, 15) is 0 Å². The summed E-state index contributed by atoms with van der Waals surface area (Å²) in [6, 6.07) is 6.37. The summed E-state index contributed by atoms with van der Waals surface area (Å²) in [5.41, 5.74) is 0.818. The number of phenols is 1. The van der Waals surface area contributed by atoms with Crippen molar-refractivity contribution >= 4 is 8.38 Å². The lowest BCUT2D eigenvalue weighted by molar-refractivity contribution is 0.473. The normalized spacial score (nSPS) is 10.5. The predicted molar refractivity (Wildman–Crippen MR) is 43.2 cm³/mol. The van der Waals surface area contributed by atoms with Crippen LogP contribution in [0.25, 0.3) is 0 Å². The van der Waals surface area contributed by atoms with Gasteiger partial charge in [0.2, 0.25) is 0 Å². The van der Waals surface area contributed by atoms with Gasteiger partial charge < -0.3 is 14.9 Å². The second kappa shape index (κ2) is 3.67. The molecule has 1 aromatic rings. The number of aromatic hydroxyl groups is 1. The van der Waals surface area contributed by atoms with Gasteiger partial charge in [0.05, 0.1) is 0 Å². The summed E-state index contributed by atoms with van der Waals surface area (Å²) in [4.78, 5) is 17.3. The third-order valence-electron chi connectivity index (χ3n) is 1.26. The molecule has 4 heteroatoms. The van der Waals surface area contributed by atoms with Crippen molar-refractivity contribution in [3.8, 4) is 5.75 Å². The van der Waals surface area contributed by atoms with Crippen molar-refractivity contribution in [2.45, 2.75) is 6.16 Å². The summed E-state index contributed by atoms with van der Waals surface area (Å²) in [6.45, 7) is 0. The zero-order valence-electron chi connectivity index (χ0n) is 5.81. The SMILES string of the molecule is Oc1ccc(CP(O)O)cc1. The molecule has 0 aliphatic heterocycles. The summed E-state index contributed by atoms with van der Waals surface area (Å²) >= 11 is 0. The number of benzene rings is 1. The van der Waals surface area contributed by atoms with Crippen LogP contribution in [0.15, 0.2) is 24.3 Å². The summed E-state index contributed by atoms with van der Waals surface area (Å²) in [5.74, 6) is 0.189. The average Bonchev–Trinajstić information content (AvgIpc) is 1.93. The molecule has 0 spiro atoms. The highest BCUT2D eigenvalue weighted by molar-refractivity contribution is 7.44. The smallest absolute Gasteiger partial charge is 0.169 e. The Morgan fingerprint density at radius 2 is 1.64 bits per heavy atom. The third-order valence-corrected chi connectivity index (χ3v) is 1.91. The second-order valence-corrected chi connectivity index (χ2v) is 3.26. The zero-order chi connectivity index (χ0) is 8.27. The van der Waals surface area contributed by atoms with Gasteiger partial charge in [-0.3, -0.25) is 0 Å². The summed E-state index contributed by atoms with van der Waals surface area (Å²) < 4.78 is 0. The van der Waals surface area contributed by atoms with E-state index in [-0.39, 0.29) is 11.9 Å². The molecule has 0 saturated heterocycles. The Morgan fingerprint density at radius 1 is 1.09 bits per heavy atom. The van der Waals surface area contributed by atoms with Crippen molar-refractivity contribution in [1.82, 2.24) is 0 Å². The lowest BCUT2D eigenvalue weighted by atomic mass is 10.2. The van der Waals surface area contributed by atoms with Crippen LogP contribution < -0.4 is 0 Å². The van der Waals surface area contributed by atoms with E-state index in [0.29, 0.717) is 0 Å². The van der Waals surface area contributed by atoms with Crippen LogP contribution in [0.2, 0.25) is 0 Å². The highest BCUT2D eigenvalue weighted by Gasteiger charge is 1.99. The van der Waals surface area contributed by atoms with Crippen molar-refractivity contribution in [2.75, 3.05) is 0 Å². The van der Waals surface area contributed by atoms with Crippen LogP contribution >= 0.6 is 8.38 Å². The molecule has 3 nitrogen and oxygen atoms in total. The molecule has 0 aromatic heterocycles. The maximum atomic E-state index is 8.87. The minimum absolute atomic E-state index is 0.189. The van der Waals surface area contributed by atoms with Gasteiger partial charge in [-0.2, -0.15) is 0 Å². The molecule has 3 N–H and O–H groups in total. The molecule has 0 aliphatic carbocycles. The Hall–Kier alpha value is -0.630. The predicted octanol–water partition coefficient (Wildman–Crippen LogP) is 1.19. The summed E-state index contributed by atoms with van der Waals surface area (Å²) in [5, 5.41) is 8.87. The molecule has 0 aliphatic rings. The fourth-order valence-electron chi connectivity index (χ4n) is 0.765. The molecule has 0 radical (unpaired) electrons. The highest BCUT2D eigenvalue weighted by atomic mass is 31.2. The van der Waals surface area contributed by atoms with Gasteiger partial charge in [0.15, 0.2) is 8.38 Å². The van der Waals surface area contributed by atoms with Crippen molar-refractivity contribution in [1.29, 1.82) is 0 Å². The molecule has 0 unspecified atom stereocenters. The Morgan fingerprint density at radius 3 is 2.09 bits per heavy atom. The van der Waals surface area contributed by atoms with Gasteiger partial charge in [0.1, 0.15) is 5.75 Å². The van der Waals surface area contributed by atoms with E-state index in [4.69, 9.17) is 14.9 Å². The van der Waals surface area contributed by atoms with Crippen molar-refractivity contribution in [3.05, 3.63) is 29.8 Å². The van der Waals surface area contributed by atoms with E-state index in [2.05, 4.69) is 0 Å². The molecule has 0 fully saturated rings. The first-order valence-corrected chi connectivity index (χ1v) is 4.55. The Bertz CT molecular complexity index is 220. The van der Waals surface area contributed by atoms with Gasteiger partial charge >= 0.3 is 0 Å². The van der Waals surface area contributed by atoms with E-state index >= 15 is 0 Å². The molecular weight excluding hydrogens is 163 g/mol. The summed E-state index contributed by atoms with van der Waals surface area (Å²) in [7, 11) is -1.87. The van der Waals surface area contributed by atoms with E-state index in [0.717, 1.165) is 5.56 Å². The topological polar surface area (TPSA) is 60.7 Å². The van der Waals surface area contributed by atoms with Gasteiger partial charge in [-0.1, -0.05) is 12.1 Å². The molecule has 0 bridgehead atoms. The number of phenolic OH excluding ortho intramolecular Hbond substituents is 1. The number of hydrogen-bond acceptors (Lipinski definition) is 3. The standard InChI is InChI=1S/C7H9O3P/c8-7-3-1-6(2-4-7)5-11(9)10/h1-4,8-10H,5H2. The lowest BCUT2D eigenvalue weighted by Gasteiger charge is -2.01. The molecule has 0 saturated carbocycles. The molecule has 1 aromatic carbocycles. The van der Waals surface area contributed by atoms with E-state index in [1.165, 1.54) is 12.1 Å².